The average molecular weight is 431 g/mol. The van der Waals surface area contributed by atoms with Gasteiger partial charge in [-0.1, -0.05) is 41.1 Å². The highest BCUT2D eigenvalue weighted by Crippen LogP contribution is 2.36. The number of amides is 2. The van der Waals surface area contributed by atoms with Gasteiger partial charge in [0.25, 0.3) is 0 Å². The number of aromatic nitrogens is 1. The van der Waals surface area contributed by atoms with Gasteiger partial charge < -0.3 is 19.9 Å². The molecule has 0 bridgehead atoms. The second-order valence-corrected chi connectivity index (χ2v) is 8.26. The first-order valence-corrected chi connectivity index (χ1v) is 10.8. The van der Waals surface area contributed by atoms with Gasteiger partial charge in [-0.15, -0.1) is 0 Å². The first kappa shape index (κ1) is 19.8. The van der Waals surface area contributed by atoms with E-state index in [1.165, 1.54) is 0 Å². The number of para-hydroxylation sites is 2. The fourth-order valence-electron chi connectivity index (χ4n) is 3.37. The van der Waals surface area contributed by atoms with Crippen molar-refractivity contribution in [2.75, 3.05) is 43.0 Å². The number of nitrogens with one attached hydrogen (secondary N) is 1. The molecule has 3 aromatic rings. The second-order valence-electron chi connectivity index (χ2n) is 6.87. The van der Waals surface area contributed by atoms with E-state index in [4.69, 9.17) is 21.3 Å². The van der Waals surface area contributed by atoms with Crippen LogP contribution in [0.1, 0.15) is 12.5 Å². The molecule has 4 rings (SSSR count). The molecule has 29 heavy (non-hydrogen) atoms. The van der Waals surface area contributed by atoms with Gasteiger partial charge in [0.15, 0.2) is 5.13 Å². The fourth-order valence-corrected chi connectivity index (χ4v) is 4.74. The molecule has 2 amide bonds. The number of anilines is 2. The maximum absolute atomic E-state index is 12.7. The Balaban J connectivity index is 1.41. The van der Waals surface area contributed by atoms with E-state index >= 15 is 0 Å². The molecule has 6 nitrogen and oxygen atoms in total. The van der Waals surface area contributed by atoms with E-state index in [9.17, 15) is 4.79 Å². The molecule has 1 fully saturated rings. The summed E-state index contributed by atoms with van der Waals surface area (Å²) in [4.78, 5) is 21.5. The van der Waals surface area contributed by atoms with Crippen LogP contribution >= 0.6 is 22.9 Å². The number of hydrogen-bond acceptors (Lipinski definition) is 5. The van der Waals surface area contributed by atoms with Gasteiger partial charge in [0.1, 0.15) is 5.75 Å². The van der Waals surface area contributed by atoms with Crippen LogP contribution in [0.2, 0.25) is 5.02 Å². The zero-order chi connectivity index (χ0) is 20.4. The van der Waals surface area contributed by atoms with Gasteiger partial charge in [-0.3, -0.25) is 0 Å². The molecular formula is C21H23ClN4O2S. The number of piperazine rings is 1. The molecule has 152 valence electrons. The van der Waals surface area contributed by atoms with Crippen LogP contribution in [0.5, 0.6) is 5.75 Å². The molecule has 1 aliphatic rings. The van der Waals surface area contributed by atoms with E-state index in [2.05, 4.69) is 10.2 Å². The quantitative estimate of drug-likeness (QED) is 0.632. The Morgan fingerprint density at radius 3 is 2.69 bits per heavy atom. The van der Waals surface area contributed by atoms with Crippen molar-refractivity contribution in [3.63, 3.8) is 0 Å². The van der Waals surface area contributed by atoms with Crippen molar-refractivity contribution in [3.8, 4) is 5.75 Å². The number of nitrogens with zero attached hydrogens (tertiary/aromatic N) is 3. The van der Waals surface area contributed by atoms with Crippen LogP contribution in [-0.4, -0.2) is 48.7 Å². The summed E-state index contributed by atoms with van der Waals surface area (Å²) in [6.07, 6.45) is 0. The Kier molecular flexibility index (Phi) is 5.78. The van der Waals surface area contributed by atoms with Crippen molar-refractivity contribution < 1.29 is 9.53 Å². The zero-order valence-corrected chi connectivity index (χ0v) is 18.0. The van der Waals surface area contributed by atoms with Crippen LogP contribution in [0.3, 0.4) is 0 Å². The first-order chi connectivity index (χ1) is 14.1. The van der Waals surface area contributed by atoms with Gasteiger partial charge in [0, 0.05) is 26.2 Å². The zero-order valence-electron chi connectivity index (χ0n) is 16.4. The van der Waals surface area contributed by atoms with Crippen molar-refractivity contribution in [1.82, 2.24) is 9.88 Å². The standard InChI is InChI=1S/C21H23ClN4O2S/c1-3-28-17-7-5-4-6-16(17)23-20(27)25-10-12-26(13-11-25)21-24-18-14(2)8-9-15(22)19(18)29-21/h4-9H,3,10-13H2,1-2H3,(H,23,27). The topological polar surface area (TPSA) is 57.7 Å². The molecule has 1 saturated heterocycles. The minimum atomic E-state index is -0.111. The van der Waals surface area contributed by atoms with Crippen LogP contribution in [0.15, 0.2) is 36.4 Å². The number of urea groups is 1. The number of halogens is 1. The number of fused-ring (bicyclic) bond motifs is 1. The van der Waals surface area contributed by atoms with E-state index in [-0.39, 0.29) is 6.03 Å². The summed E-state index contributed by atoms with van der Waals surface area (Å²) in [7, 11) is 0. The van der Waals surface area contributed by atoms with Crippen LogP contribution in [0.25, 0.3) is 10.2 Å². The lowest BCUT2D eigenvalue weighted by Crippen LogP contribution is -2.50. The number of benzene rings is 2. The average Bonchev–Trinajstić information content (AvgIpc) is 3.19. The van der Waals surface area contributed by atoms with Gasteiger partial charge in [0.2, 0.25) is 0 Å². The minimum Gasteiger partial charge on any atom is -0.492 e. The number of ether oxygens (including phenoxy) is 1. The van der Waals surface area contributed by atoms with Gasteiger partial charge in [-0.2, -0.15) is 0 Å². The van der Waals surface area contributed by atoms with E-state index in [1.54, 1.807) is 11.3 Å². The van der Waals surface area contributed by atoms with Gasteiger partial charge >= 0.3 is 6.03 Å². The monoisotopic (exact) mass is 430 g/mol. The molecule has 2 heterocycles. The summed E-state index contributed by atoms with van der Waals surface area (Å²) < 4.78 is 6.61. The van der Waals surface area contributed by atoms with Gasteiger partial charge in [-0.05, 0) is 37.6 Å². The number of hydrogen-bond donors (Lipinski definition) is 1. The van der Waals surface area contributed by atoms with E-state index in [0.717, 1.165) is 39.0 Å². The molecule has 1 aromatic heterocycles. The smallest absolute Gasteiger partial charge is 0.322 e. The molecule has 1 aliphatic heterocycles. The lowest BCUT2D eigenvalue weighted by atomic mass is 10.2. The van der Waals surface area contributed by atoms with Crippen molar-refractivity contribution in [2.45, 2.75) is 13.8 Å². The third-order valence-corrected chi connectivity index (χ3v) is 6.53. The molecule has 0 unspecified atom stereocenters. The van der Waals surface area contributed by atoms with Crippen LogP contribution in [0, 0.1) is 6.92 Å². The predicted octanol–water partition coefficient (Wildman–Crippen LogP) is 5.01. The summed E-state index contributed by atoms with van der Waals surface area (Å²) in [6, 6.07) is 11.3. The lowest BCUT2D eigenvalue weighted by molar-refractivity contribution is 0.208. The van der Waals surface area contributed by atoms with E-state index < -0.39 is 0 Å². The van der Waals surface area contributed by atoms with E-state index in [0.29, 0.717) is 31.1 Å². The summed E-state index contributed by atoms with van der Waals surface area (Å²) >= 11 is 7.95. The number of rotatable bonds is 4. The molecule has 2 aromatic carbocycles. The maximum atomic E-state index is 12.7. The molecular weight excluding hydrogens is 408 g/mol. The first-order valence-electron chi connectivity index (χ1n) is 9.65. The Morgan fingerprint density at radius 2 is 1.97 bits per heavy atom. The maximum Gasteiger partial charge on any atom is 0.322 e. The number of aryl methyl sites for hydroxylation is 1. The number of thiazole rings is 1. The highest BCUT2D eigenvalue weighted by molar-refractivity contribution is 7.22. The SMILES string of the molecule is CCOc1ccccc1NC(=O)N1CCN(c2nc3c(C)ccc(Cl)c3s2)CC1. The largest absolute Gasteiger partial charge is 0.492 e. The molecule has 0 aliphatic carbocycles. The molecule has 8 heteroatoms. The van der Waals surface area contributed by atoms with Crippen molar-refractivity contribution in [3.05, 3.63) is 47.0 Å². The molecule has 0 spiro atoms. The third kappa shape index (κ3) is 4.11. The van der Waals surface area contributed by atoms with Crippen LogP contribution in [-0.2, 0) is 0 Å². The predicted molar refractivity (Wildman–Crippen MR) is 120 cm³/mol. The fraction of sp³-hybridized carbons (Fsp3) is 0.333. The van der Waals surface area contributed by atoms with E-state index in [1.807, 2.05) is 55.1 Å². The van der Waals surface area contributed by atoms with Crippen molar-refractivity contribution in [1.29, 1.82) is 0 Å². The third-order valence-electron chi connectivity index (χ3n) is 4.95. The Labute approximate surface area is 179 Å². The number of carbonyl (C=O) groups is 1. The molecule has 1 N–H and O–H groups in total. The Hall–Kier alpha value is -2.51. The minimum absolute atomic E-state index is 0.111. The lowest BCUT2D eigenvalue weighted by Gasteiger charge is -2.34. The summed E-state index contributed by atoms with van der Waals surface area (Å²) in [5.74, 6) is 0.684. The van der Waals surface area contributed by atoms with Crippen molar-refractivity contribution >= 4 is 50.0 Å². The second kappa shape index (κ2) is 8.47. The molecule has 0 radical (unpaired) electrons. The Bertz CT molecular complexity index is 992. The molecule has 0 atom stereocenters. The highest BCUT2D eigenvalue weighted by Gasteiger charge is 2.24. The summed E-state index contributed by atoms with van der Waals surface area (Å²) in [6.45, 7) is 7.25. The van der Waals surface area contributed by atoms with Crippen LogP contribution < -0.4 is 15.0 Å². The highest BCUT2D eigenvalue weighted by atomic mass is 35.5. The molecule has 0 saturated carbocycles. The van der Waals surface area contributed by atoms with Crippen molar-refractivity contribution in [2.24, 2.45) is 0 Å². The number of carbonyl (C=O) groups excluding carboxylic acids is 1. The Morgan fingerprint density at radius 1 is 1.21 bits per heavy atom. The van der Waals surface area contributed by atoms with Gasteiger partial charge in [0.05, 0.1) is 27.5 Å². The van der Waals surface area contributed by atoms with Crippen LogP contribution in [0.4, 0.5) is 15.6 Å². The van der Waals surface area contributed by atoms with Gasteiger partial charge in [-0.25, -0.2) is 9.78 Å². The summed E-state index contributed by atoms with van der Waals surface area (Å²) in [5.41, 5.74) is 2.78. The summed E-state index contributed by atoms with van der Waals surface area (Å²) in [5, 5.41) is 4.66. The normalized spacial score (nSPS) is 14.3.